The third-order valence-corrected chi connectivity index (χ3v) is 4.71. The average Bonchev–Trinajstić information content (AvgIpc) is 2.78. The summed E-state index contributed by atoms with van der Waals surface area (Å²) < 4.78 is 0. The molecule has 0 aromatic heterocycles. The molecular formula is C15H31N3. The van der Waals surface area contributed by atoms with Gasteiger partial charge in [-0.2, -0.15) is 0 Å². The standard InChI is InChI=1S/C15H31N3/c1-13(2)17-7-5-15(6-8-17)11-16-9-10-18(12-16)14(3)4/h13-15H,5-12H2,1-4H3. The highest BCUT2D eigenvalue weighted by Gasteiger charge is 2.26. The predicted octanol–water partition coefficient (Wildman–Crippen LogP) is 2.09. The molecule has 3 heteroatoms. The number of rotatable bonds is 4. The molecule has 3 nitrogen and oxygen atoms in total. The summed E-state index contributed by atoms with van der Waals surface area (Å²) in [5.41, 5.74) is 0. The smallest absolute Gasteiger partial charge is 0.0509 e. The lowest BCUT2D eigenvalue weighted by Gasteiger charge is -2.36. The van der Waals surface area contributed by atoms with E-state index in [1.54, 1.807) is 0 Å². The zero-order chi connectivity index (χ0) is 13.1. The summed E-state index contributed by atoms with van der Waals surface area (Å²) >= 11 is 0. The van der Waals surface area contributed by atoms with Gasteiger partial charge in [0.05, 0.1) is 6.67 Å². The van der Waals surface area contributed by atoms with Crippen LogP contribution in [0.5, 0.6) is 0 Å². The van der Waals surface area contributed by atoms with Gasteiger partial charge in [0.25, 0.3) is 0 Å². The Morgan fingerprint density at radius 1 is 0.833 bits per heavy atom. The lowest BCUT2D eigenvalue weighted by molar-refractivity contribution is 0.119. The quantitative estimate of drug-likeness (QED) is 0.759. The Hall–Kier alpha value is -0.120. The van der Waals surface area contributed by atoms with E-state index >= 15 is 0 Å². The van der Waals surface area contributed by atoms with E-state index in [0.29, 0.717) is 6.04 Å². The fraction of sp³-hybridized carbons (Fsp3) is 1.00. The van der Waals surface area contributed by atoms with Crippen LogP contribution in [0.2, 0.25) is 0 Å². The lowest BCUT2D eigenvalue weighted by atomic mass is 9.95. The maximum atomic E-state index is 2.66. The lowest BCUT2D eigenvalue weighted by Crippen LogP contribution is -2.41. The van der Waals surface area contributed by atoms with E-state index in [1.165, 1.54) is 52.2 Å². The van der Waals surface area contributed by atoms with Gasteiger partial charge in [-0.05, 0) is 59.5 Å². The van der Waals surface area contributed by atoms with Crippen molar-refractivity contribution in [1.29, 1.82) is 0 Å². The summed E-state index contributed by atoms with van der Waals surface area (Å²) in [4.78, 5) is 7.87. The van der Waals surface area contributed by atoms with E-state index in [-0.39, 0.29) is 0 Å². The van der Waals surface area contributed by atoms with E-state index in [1.807, 2.05) is 0 Å². The molecule has 18 heavy (non-hydrogen) atoms. The highest BCUT2D eigenvalue weighted by molar-refractivity contribution is 4.80. The number of likely N-dealkylation sites (tertiary alicyclic amines) is 1. The van der Waals surface area contributed by atoms with Crippen LogP contribution in [0.25, 0.3) is 0 Å². The predicted molar refractivity (Wildman–Crippen MR) is 77.7 cm³/mol. The SMILES string of the molecule is CC(C)N1CCC(CN2CCN(C(C)C)C2)CC1. The van der Waals surface area contributed by atoms with Gasteiger partial charge in [-0.15, -0.1) is 0 Å². The molecule has 0 amide bonds. The van der Waals surface area contributed by atoms with Crippen LogP contribution in [0.1, 0.15) is 40.5 Å². The number of piperidine rings is 1. The maximum absolute atomic E-state index is 2.66. The van der Waals surface area contributed by atoms with Crippen LogP contribution in [0.3, 0.4) is 0 Å². The fourth-order valence-electron chi connectivity index (χ4n) is 3.26. The van der Waals surface area contributed by atoms with Gasteiger partial charge in [-0.3, -0.25) is 9.80 Å². The first kappa shape index (κ1) is 14.3. The molecule has 0 unspecified atom stereocenters. The minimum absolute atomic E-state index is 0.706. The van der Waals surface area contributed by atoms with Crippen molar-refractivity contribution in [2.45, 2.75) is 52.6 Å². The summed E-state index contributed by atoms with van der Waals surface area (Å²) in [6.45, 7) is 17.0. The summed E-state index contributed by atoms with van der Waals surface area (Å²) in [5, 5.41) is 0. The van der Waals surface area contributed by atoms with Crippen molar-refractivity contribution in [3.05, 3.63) is 0 Å². The molecule has 0 atom stereocenters. The highest BCUT2D eigenvalue weighted by Crippen LogP contribution is 2.21. The van der Waals surface area contributed by atoms with Crippen LogP contribution in [0, 0.1) is 5.92 Å². The van der Waals surface area contributed by atoms with Crippen molar-refractivity contribution in [3.8, 4) is 0 Å². The van der Waals surface area contributed by atoms with Crippen LogP contribution in [0.4, 0.5) is 0 Å². The Bertz CT molecular complexity index is 244. The first-order valence-electron chi connectivity index (χ1n) is 7.76. The van der Waals surface area contributed by atoms with Crippen molar-refractivity contribution in [2.24, 2.45) is 5.92 Å². The third kappa shape index (κ3) is 3.69. The van der Waals surface area contributed by atoms with Crippen LogP contribution >= 0.6 is 0 Å². The third-order valence-electron chi connectivity index (χ3n) is 4.71. The van der Waals surface area contributed by atoms with Gasteiger partial charge in [0.2, 0.25) is 0 Å². The molecule has 0 bridgehead atoms. The van der Waals surface area contributed by atoms with E-state index in [4.69, 9.17) is 0 Å². The molecule has 2 aliphatic rings. The van der Waals surface area contributed by atoms with Gasteiger partial charge in [-0.1, -0.05) is 0 Å². The number of nitrogens with zero attached hydrogens (tertiary/aromatic N) is 3. The molecule has 2 fully saturated rings. The minimum Gasteiger partial charge on any atom is -0.301 e. The van der Waals surface area contributed by atoms with E-state index in [2.05, 4.69) is 42.4 Å². The monoisotopic (exact) mass is 253 g/mol. The van der Waals surface area contributed by atoms with Crippen LogP contribution in [-0.4, -0.2) is 66.2 Å². The molecule has 0 aromatic carbocycles. The van der Waals surface area contributed by atoms with Gasteiger partial charge in [0.15, 0.2) is 0 Å². The number of hydrogen-bond donors (Lipinski definition) is 0. The molecule has 0 saturated carbocycles. The molecule has 2 saturated heterocycles. The van der Waals surface area contributed by atoms with Crippen molar-refractivity contribution in [1.82, 2.24) is 14.7 Å². The van der Waals surface area contributed by atoms with Crippen LogP contribution in [-0.2, 0) is 0 Å². The normalized spacial score (nSPS) is 25.7. The molecule has 2 aliphatic heterocycles. The molecule has 106 valence electrons. The maximum Gasteiger partial charge on any atom is 0.0509 e. The Labute approximate surface area is 113 Å². The Morgan fingerprint density at radius 3 is 1.94 bits per heavy atom. The van der Waals surface area contributed by atoms with Gasteiger partial charge in [0, 0.05) is 31.7 Å². The summed E-state index contributed by atoms with van der Waals surface area (Å²) in [6.07, 6.45) is 2.80. The first-order chi connectivity index (χ1) is 8.56. The van der Waals surface area contributed by atoms with Gasteiger partial charge >= 0.3 is 0 Å². The molecule has 2 heterocycles. The van der Waals surface area contributed by atoms with Crippen LogP contribution in [0.15, 0.2) is 0 Å². The highest BCUT2D eigenvalue weighted by atomic mass is 15.4. The van der Waals surface area contributed by atoms with E-state index in [9.17, 15) is 0 Å². The molecular weight excluding hydrogens is 222 g/mol. The second kappa shape index (κ2) is 6.36. The van der Waals surface area contributed by atoms with Crippen molar-refractivity contribution in [3.63, 3.8) is 0 Å². The van der Waals surface area contributed by atoms with E-state index in [0.717, 1.165) is 12.0 Å². The second-order valence-electron chi connectivity index (χ2n) is 6.70. The van der Waals surface area contributed by atoms with Gasteiger partial charge in [-0.25, -0.2) is 0 Å². The molecule has 0 spiro atoms. The molecule has 0 radical (unpaired) electrons. The largest absolute Gasteiger partial charge is 0.301 e. The summed E-state index contributed by atoms with van der Waals surface area (Å²) in [5.74, 6) is 0.937. The molecule has 0 N–H and O–H groups in total. The van der Waals surface area contributed by atoms with Gasteiger partial charge in [0.1, 0.15) is 0 Å². The van der Waals surface area contributed by atoms with Crippen molar-refractivity contribution in [2.75, 3.05) is 39.4 Å². The zero-order valence-electron chi connectivity index (χ0n) is 12.7. The summed E-state index contributed by atoms with van der Waals surface area (Å²) in [6, 6.07) is 1.44. The molecule has 0 aromatic rings. The summed E-state index contributed by atoms with van der Waals surface area (Å²) in [7, 11) is 0. The van der Waals surface area contributed by atoms with E-state index < -0.39 is 0 Å². The average molecular weight is 253 g/mol. The van der Waals surface area contributed by atoms with Gasteiger partial charge < -0.3 is 4.90 Å². The molecule has 2 rings (SSSR count). The fourth-order valence-corrected chi connectivity index (χ4v) is 3.26. The van der Waals surface area contributed by atoms with Crippen molar-refractivity contribution < 1.29 is 0 Å². The topological polar surface area (TPSA) is 9.72 Å². The Morgan fingerprint density at radius 2 is 1.44 bits per heavy atom. The molecule has 0 aliphatic carbocycles. The van der Waals surface area contributed by atoms with Crippen LogP contribution < -0.4 is 0 Å². The Kier molecular flexibility index (Phi) is 5.05. The van der Waals surface area contributed by atoms with Crippen molar-refractivity contribution >= 4 is 0 Å². The first-order valence-corrected chi connectivity index (χ1v) is 7.76. The minimum atomic E-state index is 0.706. The Balaban J connectivity index is 1.69. The number of hydrogen-bond acceptors (Lipinski definition) is 3. The zero-order valence-corrected chi connectivity index (χ0v) is 12.7. The second-order valence-corrected chi connectivity index (χ2v) is 6.70.